The topological polar surface area (TPSA) is 63.2 Å². The third kappa shape index (κ3) is 4.72. The largest absolute Gasteiger partial charge is 0.377 e. The monoisotopic (exact) mass is 287 g/mol. The van der Waals surface area contributed by atoms with E-state index in [0.29, 0.717) is 19.7 Å². The highest BCUT2D eigenvalue weighted by Gasteiger charge is 2.04. The van der Waals surface area contributed by atoms with E-state index in [0.717, 1.165) is 16.5 Å². The maximum absolute atomic E-state index is 11.7. The molecule has 2 rings (SSSR count). The Balaban J connectivity index is 1.83. The number of para-hydroxylation sites is 1. The van der Waals surface area contributed by atoms with E-state index in [9.17, 15) is 4.79 Å². The summed E-state index contributed by atoms with van der Waals surface area (Å²) in [5.74, 6) is 0. The molecule has 2 aromatic rings. The zero-order valence-corrected chi connectivity index (χ0v) is 12.4. The number of nitrogens with zero attached hydrogens (tertiary/aromatic N) is 1. The van der Waals surface area contributed by atoms with E-state index in [2.05, 4.69) is 15.6 Å². The molecule has 0 saturated carbocycles. The number of ether oxygens (including phenoxy) is 1. The highest BCUT2D eigenvalue weighted by atomic mass is 16.5. The van der Waals surface area contributed by atoms with Gasteiger partial charge in [0.2, 0.25) is 0 Å². The number of carbonyl (C=O) groups is 1. The molecule has 5 nitrogen and oxygen atoms in total. The molecule has 5 heteroatoms. The van der Waals surface area contributed by atoms with Crippen molar-refractivity contribution in [2.24, 2.45) is 0 Å². The summed E-state index contributed by atoms with van der Waals surface area (Å²) in [6.45, 7) is 5.42. The maximum atomic E-state index is 11.7. The van der Waals surface area contributed by atoms with Crippen molar-refractivity contribution < 1.29 is 9.53 Å². The van der Waals surface area contributed by atoms with E-state index in [-0.39, 0.29) is 12.1 Å². The van der Waals surface area contributed by atoms with Crippen LogP contribution in [-0.4, -0.2) is 30.3 Å². The first-order valence-electron chi connectivity index (χ1n) is 7.13. The molecule has 0 aliphatic carbocycles. The fraction of sp³-hybridized carbons (Fsp3) is 0.375. The molecule has 0 aliphatic rings. The lowest BCUT2D eigenvalue weighted by Crippen LogP contribution is -2.37. The van der Waals surface area contributed by atoms with E-state index < -0.39 is 0 Å². The van der Waals surface area contributed by atoms with E-state index >= 15 is 0 Å². The maximum Gasteiger partial charge on any atom is 0.315 e. The first-order chi connectivity index (χ1) is 10.2. The fourth-order valence-electron chi connectivity index (χ4n) is 2.01. The van der Waals surface area contributed by atoms with Crippen molar-refractivity contribution in [1.29, 1.82) is 0 Å². The van der Waals surface area contributed by atoms with Crippen LogP contribution in [0.2, 0.25) is 0 Å². The summed E-state index contributed by atoms with van der Waals surface area (Å²) in [5, 5.41) is 6.67. The molecule has 1 aromatic heterocycles. The molecule has 0 aliphatic heterocycles. The van der Waals surface area contributed by atoms with Crippen molar-refractivity contribution in [3.05, 3.63) is 42.1 Å². The van der Waals surface area contributed by atoms with Crippen molar-refractivity contribution in [2.75, 3.05) is 13.2 Å². The number of amides is 2. The minimum Gasteiger partial charge on any atom is -0.377 e. The molecule has 0 spiro atoms. The van der Waals surface area contributed by atoms with Gasteiger partial charge in [0.1, 0.15) is 0 Å². The molecule has 0 fully saturated rings. The summed E-state index contributed by atoms with van der Waals surface area (Å²) >= 11 is 0. The lowest BCUT2D eigenvalue weighted by Gasteiger charge is -2.10. The number of benzene rings is 1. The molecule has 0 saturated heterocycles. The fourth-order valence-corrected chi connectivity index (χ4v) is 2.01. The normalized spacial score (nSPS) is 10.8. The lowest BCUT2D eigenvalue weighted by molar-refractivity contribution is 0.0817. The number of nitrogens with one attached hydrogen (secondary N) is 2. The second kappa shape index (κ2) is 7.59. The van der Waals surface area contributed by atoms with Crippen LogP contribution in [-0.2, 0) is 11.3 Å². The average Bonchev–Trinajstić information content (AvgIpc) is 2.49. The summed E-state index contributed by atoms with van der Waals surface area (Å²) < 4.78 is 5.36. The Labute approximate surface area is 124 Å². The highest BCUT2D eigenvalue weighted by molar-refractivity contribution is 5.82. The first-order valence-corrected chi connectivity index (χ1v) is 7.13. The molecule has 21 heavy (non-hydrogen) atoms. The van der Waals surface area contributed by atoms with Crippen molar-refractivity contribution >= 4 is 16.9 Å². The zero-order valence-electron chi connectivity index (χ0n) is 12.4. The van der Waals surface area contributed by atoms with Crippen LogP contribution in [0.3, 0.4) is 0 Å². The predicted molar refractivity (Wildman–Crippen MR) is 83.1 cm³/mol. The highest BCUT2D eigenvalue weighted by Crippen LogP contribution is 2.15. The van der Waals surface area contributed by atoms with Gasteiger partial charge in [-0.1, -0.05) is 18.2 Å². The van der Waals surface area contributed by atoms with Crippen LogP contribution >= 0.6 is 0 Å². The molecule has 112 valence electrons. The van der Waals surface area contributed by atoms with E-state index in [1.54, 1.807) is 6.20 Å². The lowest BCUT2D eigenvalue weighted by atomic mass is 10.1. The number of rotatable bonds is 6. The summed E-state index contributed by atoms with van der Waals surface area (Å²) in [5.41, 5.74) is 1.98. The molecule has 0 atom stereocenters. The van der Waals surface area contributed by atoms with Crippen molar-refractivity contribution in [3.63, 3.8) is 0 Å². The Kier molecular flexibility index (Phi) is 5.51. The van der Waals surface area contributed by atoms with Gasteiger partial charge in [0.15, 0.2) is 0 Å². The molecule has 0 bridgehead atoms. The molecule has 0 radical (unpaired) electrons. The third-order valence-electron chi connectivity index (χ3n) is 3.02. The van der Waals surface area contributed by atoms with Gasteiger partial charge in [-0.3, -0.25) is 4.98 Å². The van der Waals surface area contributed by atoms with Crippen LogP contribution in [0.1, 0.15) is 19.4 Å². The van der Waals surface area contributed by atoms with Crippen LogP contribution in [0.15, 0.2) is 36.5 Å². The van der Waals surface area contributed by atoms with Gasteiger partial charge in [0.25, 0.3) is 0 Å². The second-order valence-corrected chi connectivity index (χ2v) is 5.02. The van der Waals surface area contributed by atoms with Crippen molar-refractivity contribution in [3.8, 4) is 0 Å². The van der Waals surface area contributed by atoms with Gasteiger partial charge >= 0.3 is 6.03 Å². The van der Waals surface area contributed by atoms with E-state index in [4.69, 9.17) is 4.74 Å². The van der Waals surface area contributed by atoms with E-state index in [1.807, 2.05) is 44.2 Å². The summed E-state index contributed by atoms with van der Waals surface area (Å²) in [7, 11) is 0. The van der Waals surface area contributed by atoms with Gasteiger partial charge in [-0.05, 0) is 31.5 Å². The smallest absolute Gasteiger partial charge is 0.315 e. The first kappa shape index (κ1) is 15.3. The van der Waals surface area contributed by atoms with Gasteiger partial charge < -0.3 is 15.4 Å². The van der Waals surface area contributed by atoms with Gasteiger partial charge in [0, 0.05) is 24.7 Å². The number of carbonyl (C=O) groups excluding carboxylic acids is 1. The third-order valence-corrected chi connectivity index (χ3v) is 3.02. The Hall–Kier alpha value is -2.14. The van der Waals surface area contributed by atoms with Crippen LogP contribution in [0.5, 0.6) is 0 Å². The Morgan fingerprint density at radius 1 is 1.24 bits per heavy atom. The van der Waals surface area contributed by atoms with Crippen LogP contribution in [0, 0.1) is 0 Å². The number of fused-ring (bicyclic) bond motifs is 1. The Morgan fingerprint density at radius 2 is 2.05 bits per heavy atom. The quantitative estimate of drug-likeness (QED) is 0.802. The summed E-state index contributed by atoms with van der Waals surface area (Å²) in [4.78, 5) is 16.0. The standard InChI is InChI=1S/C16H21N3O2/c1-12(2)21-10-9-18-16(20)19-11-13-7-8-17-15-6-4-3-5-14(13)15/h3-8,12H,9-11H2,1-2H3,(H2,18,19,20). The Morgan fingerprint density at radius 3 is 2.86 bits per heavy atom. The van der Waals surface area contributed by atoms with Crippen LogP contribution < -0.4 is 10.6 Å². The number of hydrogen-bond acceptors (Lipinski definition) is 3. The van der Waals surface area contributed by atoms with Gasteiger partial charge in [-0.2, -0.15) is 0 Å². The SMILES string of the molecule is CC(C)OCCNC(=O)NCc1ccnc2ccccc12. The summed E-state index contributed by atoms with van der Waals surface area (Å²) in [6.07, 6.45) is 1.94. The second-order valence-electron chi connectivity index (χ2n) is 5.02. The summed E-state index contributed by atoms with van der Waals surface area (Å²) in [6, 6.07) is 9.62. The minimum atomic E-state index is -0.191. The molecular formula is C16H21N3O2. The number of urea groups is 1. The molecule has 2 amide bonds. The number of hydrogen-bond donors (Lipinski definition) is 2. The number of pyridine rings is 1. The van der Waals surface area contributed by atoms with Gasteiger partial charge in [-0.25, -0.2) is 4.79 Å². The average molecular weight is 287 g/mol. The molecule has 2 N–H and O–H groups in total. The van der Waals surface area contributed by atoms with Crippen LogP contribution in [0.25, 0.3) is 10.9 Å². The van der Waals surface area contributed by atoms with Crippen LogP contribution in [0.4, 0.5) is 4.79 Å². The minimum absolute atomic E-state index is 0.179. The molecule has 0 unspecified atom stereocenters. The predicted octanol–water partition coefficient (Wildman–Crippen LogP) is 2.46. The van der Waals surface area contributed by atoms with E-state index in [1.165, 1.54) is 0 Å². The molecule has 1 heterocycles. The molecular weight excluding hydrogens is 266 g/mol. The Bertz CT molecular complexity index is 594. The molecule has 1 aromatic carbocycles. The van der Waals surface area contributed by atoms with Gasteiger partial charge in [-0.15, -0.1) is 0 Å². The van der Waals surface area contributed by atoms with Gasteiger partial charge in [0.05, 0.1) is 18.2 Å². The zero-order chi connectivity index (χ0) is 15.1. The van der Waals surface area contributed by atoms with Crippen molar-refractivity contribution in [1.82, 2.24) is 15.6 Å². The number of aromatic nitrogens is 1. The van der Waals surface area contributed by atoms with Crippen molar-refractivity contribution in [2.45, 2.75) is 26.5 Å².